The van der Waals surface area contributed by atoms with E-state index in [9.17, 15) is 9.90 Å². The Bertz CT molecular complexity index is 426. The first-order valence-electron chi connectivity index (χ1n) is 6.96. The van der Waals surface area contributed by atoms with Gasteiger partial charge in [0.15, 0.2) is 5.69 Å². The van der Waals surface area contributed by atoms with Crippen molar-refractivity contribution in [3.63, 3.8) is 0 Å². The molecular weight excluding hydrogens is 256 g/mol. The molecule has 0 aliphatic carbocycles. The highest BCUT2D eigenvalue weighted by atomic mass is 16.3. The molecule has 1 aromatic rings. The lowest BCUT2D eigenvalue weighted by atomic mass is 10.1. The van der Waals surface area contributed by atoms with Crippen molar-refractivity contribution in [2.24, 2.45) is 0 Å². The lowest BCUT2D eigenvalue weighted by molar-refractivity contribution is 0.0311. The number of carbonyl (C=O) groups excluding carboxylic acids is 1. The zero-order valence-corrected chi connectivity index (χ0v) is 12.7. The minimum absolute atomic E-state index is 0.218. The molecule has 0 aromatic carbocycles. The first kappa shape index (κ1) is 16.4. The van der Waals surface area contributed by atoms with Gasteiger partial charge in [0.25, 0.3) is 5.91 Å². The van der Waals surface area contributed by atoms with Gasteiger partial charge in [0.2, 0.25) is 0 Å². The summed E-state index contributed by atoms with van der Waals surface area (Å²) in [5.74, 6) is 0.443. The van der Waals surface area contributed by atoms with E-state index in [1.165, 1.54) is 0 Å². The Morgan fingerprint density at radius 3 is 2.50 bits per heavy atom. The molecule has 1 heterocycles. The van der Waals surface area contributed by atoms with Crippen molar-refractivity contribution in [2.45, 2.75) is 39.7 Å². The predicted molar refractivity (Wildman–Crippen MR) is 78.7 cm³/mol. The molecule has 0 aliphatic rings. The quantitative estimate of drug-likeness (QED) is 0.792. The molecule has 1 rings (SSSR count). The van der Waals surface area contributed by atoms with E-state index >= 15 is 0 Å². The van der Waals surface area contributed by atoms with Crippen molar-refractivity contribution >= 4 is 11.7 Å². The van der Waals surface area contributed by atoms with Crippen LogP contribution in [0.3, 0.4) is 0 Å². The fourth-order valence-electron chi connectivity index (χ4n) is 1.75. The molecule has 0 aliphatic heterocycles. The minimum atomic E-state index is -0.929. The number of hydrogen-bond donors (Lipinski definition) is 2. The number of hydrogen-bond acceptors (Lipinski definition) is 5. The highest BCUT2D eigenvalue weighted by molar-refractivity contribution is 5.92. The van der Waals surface area contributed by atoms with Gasteiger partial charge in [-0.05, 0) is 39.3 Å². The third-order valence-corrected chi connectivity index (χ3v) is 2.69. The molecule has 1 aromatic heterocycles. The second kappa shape index (κ2) is 7.19. The van der Waals surface area contributed by atoms with Crippen molar-refractivity contribution in [2.75, 3.05) is 25.0 Å². The lowest BCUT2D eigenvalue weighted by Gasteiger charge is -2.27. The van der Waals surface area contributed by atoms with Gasteiger partial charge in [-0.2, -0.15) is 0 Å². The maximum atomic E-state index is 12.3. The van der Waals surface area contributed by atoms with Crippen LogP contribution in [0, 0.1) is 0 Å². The SMILES string of the molecule is CCCNc1ccc(C(=O)N(CC)CC(C)(C)O)nn1. The summed E-state index contributed by atoms with van der Waals surface area (Å²) in [6.45, 7) is 8.88. The Morgan fingerprint density at radius 1 is 1.35 bits per heavy atom. The van der Waals surface area contributed by atoms with E-state index in [1.54, 1.807) is 30.9 Å². The molecule has 0 atom stereocenters. The van der Waals surface area contributed by atoms with Crippen molar-refractivity contribution < 1.29 is 9.90 Å². The number of nitrogens with one attached hydrogen (secondary N) is 1. The van der Waals surface area contributed by atoms with E-state index in [-0.39, 0.29) is 18.1 Å². The zero-order valence-electron chi connectivity index (χ0n) is 12.7. The fraction of sp³-hybridized carbons (Fsp3) is 0.643. The summed E-state index contributed by atoms with van der Waals surface area (Å²) in [6, 6.07) is 3.40. The molecule has 0 unspecified atom stereocenters. The number of nitrogens with zero attached hydrogens (tertiary/aromatic N) is 3. The van der Waals surface area contributed by atoms with Crippen LogP contribution < -0.4 is 5.32 Å². The monoisotopic (exact) mass is 280 g/mol. The molecule has 0 spiro atoms. The van der Waals surface area contributed by atoms with Gasteiger partial charge < -0.3 is 15.3 Å². The third-order valence-electron chi connectivity index (χ3n) is 2.69. The van der Waals surface area contributed by atoms with Crippen molar-refractivity contribution in [3.05, 3.63) is 17.8 Å². The summed E-state index contributed by atoms with van der Waals surface area (Å²) in [7, 11) is 0. The normalized spacial score (nSPS) is 11.2. The van der Waals surface area contributed by atoms with Crippen LogP contribution in [0.4, 0.5) is 5.82 Å². The van der Waals surface area contributed by atoms with Crippen molar-refractivity contribution in [1.82, 2.24) is 15.1 Å². The number of rotatable bonds is 7. The highest BCUT2D eigenvalue weighted by Crippen LogP contribution is 2.09. The molecule has 2 N–H and O–H groups in total. The highest BCUT2D eigenvalue weighted by Gasteiger charge is 2.23. The Balaban J connectivity index is 2.75. The van der Waals surface area contributed by atoms with Crippen molar-refractivity contribution in [3.8, 4) is 0 Å². The molecule has 0 bridgehead atoms. The number of amides is 1. The topological polar surface area (TPSA) is 78.4 Å². The van der Waals surface area contributed by atoms with Gasteiger partial charge in [0, 0.05) is 19.6 Å². The van der Waals surface area contributed by atoms with Gasteiger partial charge in [-0.25, -0.2) is 0 Å². The van der Waals surface area contributed by atoms with Crippen LogP contribution >= 0.6 is 0 Å². The van der Waals surface area contributed by atoms with Crippen molar-refractivity contribution in [1.29, 1.82) is 0 Å². The Morgan fingerprint density at radius 2 is 2.05 bits per heavy atom. The van der Waals surface area contributed by atoms with Gasteiger partial charge in [0.05, 0.1) is 5.60 Å². The summed E-state index contributed by atoms with van der Waals surface area (Å²) in [5.41, 5.74) is -0.639. The Kier molecular flexibility index (Phi) is 5.88. The second-order valence-corrected chi connectivity index (χ2v) is 5.36. The molecule has 0 radical (unpaired) electrons. The first-order chi connectivity index (χ1) is 9.37. The fourth-order valence-corrected chi connectivity index (χ4v) is 1.75. The van der Waals surface area contributed by atoms with Crippen LogP contribution in [-0.4, -0.2) is 51.3 Å². The van der Waals surface area contributed by atoms with Gasteiger partial charge in [-0.3, -0.25) is 4.79 Å². The molecule has 1 amide bonds. The summed E-state index contributed by atoms with van der Waals surface area (Å²) in [5, 5.41) is 20.8. The van der Waals surface area contributed by atoms with Gasteiger partial charge >= 0.3 is 0 Å². The number of anilines is 1. The van der Waals surface area contributed by atoms with Crippen LogP contribution in [0.1, 0.15) is 44.6 Å². The smallest absolute Gasteiger partial charge is 0.274 e. The zero-order chi connectivity index (χ0) is 15.2. The first-order valence-corrected chi connectivity index (χ1v) is 6.96. The number of carbonyl (C=O) groups is 1. The van der Waals surface area contributed by atoms with Gasteiger partial charge in [-0.15, -0.1) is 10.2 Å². The van der Waals surface area contributed by atoms with E-state index < -0.39 is 5.60 Å². The Hall–Kier alpha value is -1.69. The largest absolute Gasteiger partial charge is 0.389 e. The van der Waals surface area contributed by atoms with Crippen LogP contribution in [0.25, 0.3) is 0 Å². The van der Waals surface area contributed by atoms with Gasteiger partial charge in [0.1, 0.15) is 5.82 Å². The van der Waals surface area contributed by atoms with Crippen LogP contribution in [0.2, 0.25) is 0 Å². The molecule has 6 heteroatoms. The third kappa shape index (κ3) is 5.13. The summed E-state index contributed by atoms with van der Waals surface area (Å²) < 4.78 is 0. The lowest BCUT2D eigenvalue weighted by Crippen LogP contribution is -2.42. The van der Waals surface area contributed by atoms with Crippen LogP contribution in [0.15, 0.2) is 12.1 Å². The maximum Gasteiger partial charge on any atom is 0.274 e. The number of aromatic nitrogens is 2. The van der Waals surface area contributed by atoms with Gasteiger partial charge in [-0.1, -0.05) is 6.92 Å². The molecule has 112 valence electrons. The second-order valence-electron chi connectivity index (χ2n) is 5.36. The number of likely N-dealkylation sites (N-methyl/N-ethyl adjacent to an activating group) is 1. The van der Waals surface area contributed by atoms with E-state index in [1.807, 2.05) is 6.92 Å². The molecular formula is C14H24N4O2. The maximum absolute atomic E-state index is 12.3. The van der Waals surface area contributed by atoms with E-state index in [0.29, 0.717) is 12.4 Å². The minimum Gasteiger partial charge on any atom is -0.389 e. The molecule has 0 fully saturated rings. The average molecular weight is 280 g/mol. The molecule has 0 saturated carbocycles. The summed E-state index contributed by atoms with van der Waals surface area (Å²) in [6.07, 6.45) is 0.998. The Labute approximate surface area is 120 Å². The van der Waals surface area contributed by atoms with Crippen LogP contribution in [-0.2, 0) is 0 Å². The van der Waals surface area contributed by atoms with E-state index in [2.05, 4.69) is 22.4 Å². The molecule has 0 saturated heterocycles. The van der Waals surface area contributed by atoms with Crippen LogP contribution in [0.5, 0.6) is 0 Å². The summed E-state index contributed by atoms with van der Waals surface area (Å²) >= 11 is 0. The average Bonchev–Trinajstić information content (AvgIpc) is 2.41. The number of aliphatic hydroxyl groups is 1. The van der Waals surface area contributed by atoms with E-state index in [0.717, 1.165) is 13.0 Å². The summed E-state index contributed by atoms with van der Waals surface area (Å²) in [4.78, 5) is 13.8. The van der Waals surface area contributed by atoms with E-state index in [4.69, 9.17) is 0 Å². The predicted octanol–water partition coefficient (Wildman–Crippen LogP) is 1.53. The standard InChI is InChI=1S/C14H24N4O2/c1-5-9-15-12-8-7-11(16-17-12)13(19)18(6-2)10-14(3,4)20/h7-8,20H,5-6,9-10H2,1-4H3,(H,15,17). The molecule has 20 heavy (non-hydrogen) atoms. The molecule has 6 nitrogen and oxygen atoms in total.